The molecule has 1 saturated heterocycles. The molecular formula is C27H31N3O. The molecule has 4 rings (SSSR count). The van der Waals surface area contributed by atoms with E-state index < -0.39 is 6.10 Å². The summed E-state index contributed by atoms with van der Waals surface area (Å²) >= 11 is 0. The number of β-amino-alcohol motifs (C(OH)–C–C–N with tert-alkyl or cyclic N) is 1. The highest BCUT2D eigenvalue weighted by Gasteiger charge is 2.34. The van der Waals surface area contributed by atoms with Crippen molar-refractivity contribution in [3.63, 3.8) is 0 Å². The molecule has 3 aromatic rings. The summed E-state index contributed by atoms with van der Waals surface area (Å²) in [5.74, 6) is 0. The van der Waals surface area contributed by atoms with Crippen LogP contribution in [-0.2, 0) is 13.0 Å². The Kier molecular flexibility index (Phi) is 6.38. The molecule has 1 fully saturated rings. The summed E-state index contributed by atoms with van der Waals surface area (Å²) in [5, 5.41) is 17.0. The van der Waals surface area contributed by atoms with E-state index in [0.29, 0.717) is 12.2 Å². The number of benzene rings is 3. The fraction of sp³-hybridized carbons (Fsp3) is 0.370. The minimum atomic E-state index is -0.409. The zero-order valence-electron chi connectivity index (χ0n) is 18.4. The number of fused-ring (bicyclic) bond motifs is 1. The van der Waals surface area contributed by atoms with Gasteiger partial charge in [-0.25, -0.2) is 4.85 Å². The Morgan fingerprint density at radius 3 is 2.61 bits per heavy atom. The van der Waals surface area contributed by atoms with Gasteiger partial charge in [0.25, 0.3) is 0 Å². The van der Waals surface area contributed by atoms with Crippen LogP contribution in [0.1, 0.15) is 31.4 Å². The molecule has 4 nitrogen and oxygen atoms in total. The molecule has 0 aliphatic carbocycles. The molecule has 1 aliphatic heterocycles. The van der Waals surface area contributed by atoms with Gasteiger partial charge in [0.2, 0.25) is 0 Å². The normalized spacial score (nSPS) is 17.8. The average molecular weight is 414 g/mol. The molecule has 0 spiro atoms. The zero-order valence-corrected chi connectivity index (χ0v) is 18.4. The summed E-state index contributed by atoms with van der Waals surface area (Å²) in [6.07, 6.45) is 1.51. The van der Waals surface area contributed by atoms with Gasteiger partial charge in [-0.3, -0.25) is 4.90 Å². The molecule has 160 valence electrons. The third-order valence-electron chi connectivity index (χ3n) is 6.30. The molecule has 1 heterocycles. The zero-order chi connectivity index (χ0) is 21.8. The van der Waals surface area contributed by atoms with Gasteiger partial charge in [0.15, 0.2) is 5.69 Å². The highest BCUT2D eigenvalue weighted by atomic mass is 16.3. The van der Waals surface area contributed by atoms with Crippen molar-refractivity contribution in [1.82, 2.24) is 10.2 Å². The number of aliphatic hydroxyl groups excluding tert-OH is 1. The predicted molar refractivity (Wildman–Crippen MR) is 127 cm³/mol. The van der Waals surface area contributed by atoms with E-state index in [1.807, 2.05) is 18.2 Å². The Hall–Kier alpha value is -2.71. The second kappa shape index (κ2) is 9.20. The van der Waals surface area contributed by atoms with Gasteiger partial charge in [0.05, 0.1) is 12.7 Å². The van der Waals surface area contributed by atoms with Crippen LogP contribution in [0.25, 0.3) is 15.6 Å². The Bertz CT molecular complexity index is 1090. The number of hydrogen-bond acceptors (Lipinski definition) is 3. The monoisotopic (exact) mass is 413 g/mol. The molecule has 0 aromatic heterocycles. The van der Waals surface area contributed by atoms with E-state index >= 15 is 0 Å². The van der Waals surface area contributed by atoms with Crippen molar-refractivity contribution >= 4 is 16.5 Å². The number of nitrogens with zero attached hydrogens (tertiary/aromatic N) is 2. The van der Waals surface area contributed by atoms with Crippen LogP contribution in [0, 0.1) is 6.57 Å². The van der Waals surface area contributed by atoms with Crippen LogP contribution < -0.4 is 5.32 Å². The number of likely N-dealkylation sites (tertiary alicyclic amines) is 1. The molecule has 4 heteroatoms. The first-order chi connectivity index (χ1) is 14.9. The van der Waals surface area contributed by atoms with Crippen LogP contribution >= 0.6 is 0 Å². The van der Waals surface area contributed by atoms with Gasteiger partial charge in [0, 0.05) is 31.2 Å². The predicted octanol–water partition coefficient (Wildman–Crippen LogP) is 4.94. The fourth-order valence-corrected chi connectivity index (χ4v) is 4.49. The van der Waals surface area contributed by atoms with Crippen LogP contribution in [0.15, 0.2) is 66.7 Å². The van der Waals surface area contributed by atoms with Gasteiger partial charge < -0.3 is 10.4 Å². The summed E-state index contributed by atoms with van der Waals surface area (Å²) in [6.45, 7) is 13.9. The molecule has 2 atom stereocenters. The Labute approximate surface area is 185 Å². The Morgan fingerprint density at radius 1 is 1.06 bits per heavy atom. The maximum atomic E-state index is 10.8. The quantitative estimate of drug-likeness (QED) is 0.514. The van der Waals surface area contributed by atoms with Crippen molar-refractivity contribution in [2.75, 3.05) is 13.1 Å². The van der Waals surface area contributed by atoms with Gasteiger partial charge in [0.1, 0.15) is 0 Å². The first-order valence-corrected chi connectivity index (χ1v) is 11.0. The van der Waals surface area contributed by atoms with Crippen molar-refractivity contribution < 1.29 is 5.11 Å². The first-order valence-electron chi connectivity index (χ1n) is 11.0. The summed E-state index contributed by atoms with van der Waals surface area (Å²) in [4.78, 5) is 5.83. The van der Waals surface area contributed by atoms with Crippen molar-refractivity contribution in [1.29, 1.82) is 0 Å². The SMILES string of the molecule is [C-]#[N+]c1cccc(CN2CCC2C(O)CNC(C)(C)Cc2ccc3ccccc3c2)c1. The van der Waals surface area contributed by atoms with E-state index in [4.69, 9.17) is 6.57 Å². The molecular weight excluding hydrogens is 382 g/mol. The summed E-state index contributed by atoms with van der Waals surface area (Å²) in [6, 6.07) is 23.0. The molecule has 0 bridgehead atoms. The second-order valence-electron chi connectivity index (χ2n) is 9.30. The Balaban J connectivity index is 1.31. The third-order valence-corrected chi connectivity index (χ3v) is 6.30. The van der Waals surface area contributed by atoms with Crippen LogP contribution in [-0.4, -0.2) is 40.8 Å². The minimum Gasteiger partial charge on any atom is -0.390 e. The maximum Gasteiger partial charge on any atom is 0.187 e. The van der Waals surface area contributed by atoms with Crippen molar-refractivity contribution in [3.8, 4) is 0 Å². The fourth-order valence-electron chi connectivity index (χ4n) is 4.49. The summed E-state index contributed by atoms with van der Waals surface area (Å²) < 4.78 is 0. The highest BCUT2D eigenvalue weighted by molar-refractivity contribution is 5.83. The number of rotatable bonds is 8. The molecule has 1 aliphatic rings. The average Bonchev–Trinajstić information content (AvgIpc) is 2.75. The molecule has 0 radical (unpaired) electrons. The molecule has 2 N–H and O–H groups in total. The molecule has 0 saturated carbocycles. The number of hydrogen-bond donors (Lipinski definition) is 2. The molecule has 0 amide bonds. The highest BCUT2D eigenvalue weighted by Crippen LogP contribution is 2.25. The number of nitrogens with one attached hydrogen (secondary N) is 1. The topological polar surface area (TPSA) is 39.9 Å². The van der Waals surface area contributed by atoms with Gasteiger partial charge in [-0.15, -0.1) is 0 Å². The van der Waals surface area contributed by atoms with E-state index in [1.54, 1.807) is 0 Å². The van der Waals surface area contributed by atoms with E-state index in [2.05, 4.69) is 77.4 Å². The lowest BCUT2D eigenvalue weighted by Crippen LogP contribution is -2.57. The van der Waals surface area contributed by atoms with Crippen molar-refractivity contribution in [2.24, 2.45) is 0 Å². The van der Waals surface area contributed by atoms with Crippen molar-refractivity contribution in [3.05, 3.63) is 89.3 Å². The third kappa shape index (κ3) is 5.32. The standard InChI is InChI=1S/C27H31N3O/c1-27(2,17-20-11-12-22-8-4-5-9-23(22)15-20)29-18-26(31)25-13-14-30(25)19-21-7-6-10-24(16-21)28-3/h4-12,15-16,25-26,29,31H,13-14,17-19H2,1-2H3. The minimum absolute atomic E-state index is 0.109. The van der Waals surface area contributed by atoms with Gasteiger partial charge >= 0.3 is 0 Å². The maximum absolute atomic E-state index is 10.8. The van der Waals surface area contributed by atoms with Gasteiger partial charge in [-0.2, -0.15) is 0 Å². The summed E-state index contributed by atoms with van der Waals surface area (Å²) in [5.41, 5.74) is 3.00. The smallest absolute Gasteiger partial charge is 0.187 e. The summed E-state index contributed by atoms with van der Waals surface area (Å²) in [7, 11) is 0. The van der Waals surface area contributed by atoms with Crippen LogP contribution in [0.5, 0.6) is 0 Å². The molecule has 3 aromatic carbocycles. The molecule has 31 heavy (non-hydrogen) atoms. The molecule has 2 unspecified atom stereocenters. The van der Waals surface area contributed by atoms with E-state index in [9.17, 15) is 5.11 Å². The largest absolute Gasteiger partial charge is 0.390 e. The Morgan fingerprint density at radius 2 is 1.87 bits per heavy atom. The van der Waals surface area contributed by atoms with Crippen molar-refractivity contribution in [2.45, 2.75) is 50.9 Å². The lowest BCUT2D eigenvalue weighted by Gasteiger charge is -2.44. The van der Waals surface area contributed by atoms with Crippen LogP contribution in [0.2, 0.25) is 0 Å². The lowest BCUT2D eigenvalue weighted by molar-refractivity contribution is -0.0211. The van der Waals surface area contributed by atoms with Crippen LogP contribution in [0.3, 0.4) is 0 Å². The van der Waals surface area contributed by atoms with E-state index in [1.165, 1.54) is 16.3 Å². The lowest BCUT2D eigenvalue weighted by atomic mass is 9.91. The number of aliphatic hydroxyl groups is 1. The first kappa shape index (κ1) is 21.5. The van der Waals surface area contributed by atoms with Gasteiger partial charge in [-0.1, -0.05) is 66.7 Å². The van der Waals surface area contributed by atoms with Gasteiger partial charge in [-0.05, 0) is 48.6 Å². The van der Waals surface area contributed by atoms with Crippen LogP contribution in [0.4, 0.5) is 5.69 Å². The second-order valence-corrected chi connectivity index (χ2v) is 9.30. The van der Waals surface area contributed by atoms with E-state index in [0.717, 1.165) is 31.5 Å². The van der Waals surface area contributed by atoms with E-state index in [-0.39, 0.29) is 11.6 Å².